The van der Waals surface area contributed by atoms with Crippen molar-refractivity contribution in [3.8, 4) is 5.75 Å². The Labute approximate surface area is 437 Å². The van der Waals surface area contributed by atoms with Gasteiger partial charge in [0.2, 0.25) is 35.4 Å². The Kier molecular flexibility index (Phi) is 22.9. The van der Waals surface area contributed by atoms with E-state index >= 15 is 0 Å². The average Bonchev–Trinajstić information content (AvgIpc) is 4.09. The number of hydrogen-bond donors (Lipinski definition) is 5. The summed E-state index contributed by atoms with van der Waals surface area (Å²) < 4.78 is 17.2. The van der Waals surface area contributed by atoms with Gasteiger partial charge in [0.15, 0.2) is 11.9 Å². The van der Waals surface area contributed by atoms with Crippen molar-refractivity contribution in [3.63, 3.8) is 0 Å². The summed E-state index contributed by atoms with van der Waals surface area (Å²) in [4.78, 5) is 133. The van der Waals surface area contributed by atoms with E-state index in [1.807, 2.05) is 34.6 Å². The standard InChI is InChI=1S/C54H85N7O13/c1-14-32(8)44-42(62)28-43(63)74-47(31(6)7)46(64)33(9)48(65)56-38(25-29(2)3)52(69)61-24-16-18-39(61)53(70)60(12)41(27-35-19-21-36(72-13)22-20-35)54(71)73-34(10)45(50(67)57-44)58-49(66)40(26-30(4)5)59(11)51(68)37-17-15-23-55-37/h19-22,29-34,37-42,44-45,47,55,62H,14-18,23-28H2,1-13H3,(H,56,65)(H,57,67)(H,58,66)/t32-,33-,34+,37?,38-,39?,40+,41-,42-,44+,45-,47-/m0/s1. The maximum Gasteiger partial charge on any atom is 0.329 e. The van der Waals surface area contributed by atoms with Gasteiger partial charge in [-0.05, 0) is 100 Å². The van der Waals surface area contributed by atoms with Gasteiger partial charge in [-0.15, -0.1) is 0 Å². The first kappa shape index (κ1) is 60.9. The molecule has 74 heavy (non-hydrogen) atoms. The van der Waals surface area contributed by atoms with Crippen molar-refractivity contribution in [1.82, 2.24) is 36.0 Å². The van der Waals surface area contributed by atoms with Gasteiger partial charge in [0.25, 0.3) is 0 Å². The molecule has 6 amide bonds. The summed E-state index contributed by atoms with van der Waals surface area (Å²) in [6.45, 7) is 17.9. The van der Waals surface area contributed by atoms with Crippen molar-refractivity contribution in [2.24, 2.45) is 29.6 Å². The van der Waals surface area contributed by atoms with Crippen LogP contribution in [0.5, 0.6) is 5.75 Å². The van der Waals surface area contributed by atoms with Gasteiger partial charge in [0.1, 0.15) is 42.1 Å². The van der Waals surface area contributed by atoms with Crippen LogP contribution in [0.3, 0.4) is 0 Å². The van der Waals surface area contributed by atoms with Crippen molar-refractivity contribution in [2.75, 3.05) is 34.3 Å². The van der Waals surface area contributed by atoms with Crippen LogP contribution in [0.15, 0.2) is 24.3 Å². The maximum absolute atomic E-state index is 14.9. The monoisotopic (exact) mass is 1040 g/mol. The number of carbonyl (C=O) groups excluding carboxylic acids is 9. The zero-order valence-corrected chi connectivity index (χ0v) is 45.9. The summed E-state index contributed by atoms with van der Waals surface area (Å²) in [5.74, 6) is -8.71. The van der Waals surface area contributed by atoms with Crippen molar-refractivity contribution >= 4 is 53.2 Å². The van der Waals surface area contributed by atoms with Crippen LogP contribution < -0.4 is 26.0 Å². The molecule has 20 nitrogen and oxygen atoms in total. The number of amides is 6. The zero-order valence-electron chi connectivity index (χ0n) is 45.9. The quantitative estimate of drug-likeness (QED) is 0.133. The third-order valence-electron chi connectivity index (χ3n) is 14.7. The number of cyclic esters (lactones) is 2. The van der Waals surface area contributed by atoms with Gasteiger partial charge in [-0.1, -0.05) is 73.9 Å². The van der Waals surface area contributed by atoms with Crippen molar-refractivity contribution in [1.29, 1.82) is 0 Å². The number of nitrogens with zero attached hydrogens (tertiary/aromatic N) is 3. The molecule has 1 aromatic carbocycles. The zero-order chi connectivity index (χ0) is 55.3. The Morgan fingerprint density at radius 2 is 1.55 bits per heavy atom. The molecule has 0 radical (unpaired) electrons. The van der Waals surface area contributed by atoms with Crippen LogP contribution in [0.1, 0.15) is 126 Å². The fraction of sp³-hybridized carbons (Fsp3) is 0.722. The molecule has 2 unspecified atom stereocenters. The summed E-state index contributed by atoms with van der Waals surface area (Å²) in [6, 6.07) is -1.16. The third-order valence-corrected chi connectivity index (χ3v) is 14.7. The number of aliphatic hydroxyl groups excluding tert-OH is 1. The number of fused-ring (bicyclic) bond motifs is 1. The van der Waals surface area contributed by atoms with Crippen LogP contribution in [0, 0.1) is 29.6 Å². The van der Waals surface area contributed by atoms with E-state index in [-0.39, 0.29) is 50.0 Å². The SMILES string of the molecule is CC[C@H](C)[C@H]1NC(=O)[C@@H](NC(=O)[C@@H](CC(C)C)N(C)C(=O)C2CCCN2)[C@@H](C)OC(=O)[C@H](Cc2ccc(OC)cc2)N(C)C(=O)C2CCCN2C(=O)[C@H](CC(C)C)NC(=O)[C@@H](C)C(=O)[C@H](C(C)C)OC(=O)C[C@@H]1O. The molecule has 0 aromatic heterocycles. The molecule has 0 saturated carbocycles. The summed E-state index contributed by atoms with van der Waals surface area (Å²) in [5.41, 5.74) is 0.604. The Morgan fingerprint density at radius 3 is 2.12 bits per heavy atom. The molecule has 0 aliphatic carbocycles. The van der Waals surface area contributed by atoms with Crippen LogP contribution in [0.25, 0.3) is 0 Å². The minimum absolute atomic E-state index is 0.0893. The van der Waals surface area contributed by atoms with E-state index in [2.05, 4.69) is 21.3 Å². The highest BCUT2D eigenvalue weighted by Gasteiger charge is 2.45. The number of methoxy groups -OCH3 is 1. The molecule has 1 aromatic rings. The highest BCUT2D eigenvalue weighted by atomic mass is 16.6. The third kappa shape index (κ3) is 15.9. The number of carbonyl (C=O) groups is 9. The van der Waals surface area contributed by atoms with Crippen molar-refractivity contribution < 1.29 is 62.5 Å². The number of ketones is 1. The molecule has 3 saturated heterocycles. The maximum atomic E-state index is 14.9. The van der Waals surface area contributed by atoms with Crippen LogP contribution in [-0.2, 0) is 59.0 Å². The van der Waals surface area contributed by atoms with Crippen LogP contribution in [0.2, 0.25) is 0 Å². The number of likely N-dealkylation sites (N-methyl/N-ethyl adjacent to an activating group) is 2. The predicted octanol–water partition coefficient (Wildman–Crippen LogP) is 2.70. The number of nitrogens with one attached hydrogen (secondary N) is 4. The Hall–Kier alpha value is -5.63. The van der Waals surface area contributed by atoms with Gasteiger partial charge in [0.05, 0.1) is 37.6 Å². The number of Topliss-reactive ketones (excluding diaryl/α,β-unsaturated/α-hetero) is 1. The molecule has 0 spiro atoms. The van der Waals surface area contributed by atoms with E-state index in [4.69, 9.17) is 14.2 Å². The van der Waals surface area contributed by atoms with E-state index in [1.54, 1.807) is 45.0 Å². The highest BCUT2D eigenvalue weighted by Crippen LogP contribution is 2.26. The number of esters is 2. The molecule has 4 rings (SSSR count). The van der Waals surface area contributed by atoms with Gasteiger partial charge >= 0.3 is 11.9 Å². The number of rotatable bonds is 14. The minimum Gasteiger partial charge on any atom is -0.497 e. The molecule has 3 aliphatic rings. The lowest BCUT2D eigenvalue weighted by Crippen LogP contribution is -2.62. The molecule has 414 valence electrons. The van der Waals surface area contributed by atoms with Gasteiger partial charge in [0, 0.05) is 27.1 Å². The first-order chi connectivity index (χ1) is 34.8. The molecule has 3 heterocycles. The Balaban J connectivity index is 1.88. The first-order valence-electron chi connectivity index (χ1n) is 26.5. The second-order valence-electron chi connectivity index (χ2n) is 21.7. The Bertz CT molecular complexity index is 2130. The summed E-state index contributed by atoms with van der Waals surface area (Å²) >= 11 is 0. The molecular formula is C54H85N7O13. The average molecular weight is 1040 g/mol. The fourth-order valence-corrected chi connectivity index (χ4v) is 9.90. The number of hydrogen-bond acceptors (Lipinski definition) is 14. The summed E-state index contributed by atoms with van der Waals surface area (Å²) in [6.07, 6.45) is -2.50. The lowest BCUT2D eigenvalue weighted by Gasteiger charge is -2.36. The second-order valence-corrected chi connectivity index (χ2v) is 21.7. The van der Waals surface area contributed by atoms with E-state index in [0.717, 1.165) is 6.42 Å². The molecule has 5 N–H and O–H groups in total. The minimum atomic E-state index is -1.67. The number of benzene rings is 1. The summed E-state index contributed by atoms with van der Waals surface area (Å²) in [7, 11) is 4.46. The Morgan fingerprint density at radius 1 is 0.892 bits per heavy atom. The largest absolute Gasteiger partial charge is 0.497 e. The molecule has 12 atom stereocenters. The number of ether oxygens (including phenoxy) is 3. The predicted molar refractivity (Wildman–Crippen MR) is 275 cm³/mol. The molecule has 0 bridgehead atoms. The summed E-state index contributed by atoms with van der Waals surface area (Å²) in [5, 5.41) is 23.3. The second kappa shape index (κ2) is 27.8. The normalized spacial score (nSPS) is 28.3. The van der Waals surface area contributed by atoms with Crippen molar-refractivity contribution in [3.05, 3.63) is 29.8 Å². The van der Waals surface area contributed by atoms with Crippen LogP contribution in [0.4, 0.5) is 0 Å². The van der Waals surface area contributed by atoms with E-state index in [1.165, 1.54) is 49.8 Å². The van der Waals surface area contributed by atoms with Crippen molar-refractivity contribution in [2.45, 2.75) is 188 Å². The fourth-order valence-electron chi connectivity index (χ4n) is 9.90. The van der Waals surface area contributed by atoms with Gasteiger partial charge < -0.3 is 55.3 Å². The van der Waals surface area contributed by atoms with Crippen LogP contribution in [-0.4, -0.2) is 168 Å². The highest BCUT2D eigenvalue weighted by molar-refractivity contribution is 6.05. The van der Waals surface area contributed by atoms with Gasteiger partial charge in [-0.25, -0.2) is 4.79 Å². The van der Waals surface area contributed by atoms with Gasteiger partial charge in [-0.2, -0.15) is 0 Å². The van der Waals surface area contributed by atoms with E-state index in [9.17, 15) is 48.3 Å². The molecule has 20 heteroatoms. The van der Waals surface area contributed by atoms with E-state index < -0.39 is 132 Å². The molecule has 3 aliphatic heterocycles. The lowest BCUT2D eigenvalue weighted by molar-refractivity contribution is -0.163. The van der Waals surface area contributed by atoms with Gasteiger partial charge in [-0.3, -0.25) is 38.4 Å². The molecular weight excluding hydrogens is 955 g/mol. The molecule has 3 fully saturated rings. The van der Waals surface area contributed by atoms with Crippen LogP contribution >= 0.6 is 0 Å². The lowest BCUT2D eigenvalue weighted by atomic mass is 9.91. The number of aliphatic hydroxyl groups is 1. The topological polar surface area (TPSA) is 259 Å². The van der Waals surface area contributed by atoms with E-state index in [0.29, 0.717) is 37.1 Å². The first-order valence-corrected chi connectivity index (χ1v) is 26.5. The smallest absolute Gasteiger partial charge is 0.329 e.